The minimum absolute atomic E-state index is 0.0881. The molecule has 0 unspecified atom stereocenters. The van der Waals surface area contributed by atoms with Gasteiger partial charge in [-0.15, -0.1) is 5.11 Å². The molecular weight excluding hydrogens is 496 g/mol. The van der Waals surface area contributed by atoms with Crippen LogP contribution in [0.3, 0.4) is 0 Å². The second-order valence-electron chi connectivity index (χ2n) is 6.80. The highest BCUT2D eigenvalue weighted by molar-refractivity contribution is 7.18. The number of ether oxygens (including phenoxy) is 1. The number of halogens is 1. The topological polar surface area (TPSA) is 143 Å². The molecule has 0 bridgehead atoms. The van der Waals surface area contributed by atoms with E-state index in [0.717, 1.165) is 18.3 Å². The molecule has 0 radical (unpaired) electrons. The van der Waals surface area contributed by atoms with Gasteiger partial charge >= 0.3 is 5.97 Å². The van der Waals surface area contributed by atoms with Gasteiger partial charge in [0.05, 0.1) is 17.8 Å². The van der Waals surface area contributed by atoms with Crippen LogP contribution < -0.4 is 5.43 Å². The molecule has 0 aliphatic heterocycles. The molecule has 0 fully saturated rings. The summed E-state index contributed by atoms with van der Waals surface area (Å²) in [7, 11) is 0. The zero-order valence-electron chi connectivity index (χ0n) is 18.5. The first kappa shape index (κ1) is 25.5. The quantitative estimate of drug-likeness (QED) is 0.161. The molecule has 0 saturated heterocycles. The van der Waals surface area contributed by atoms with Crippen molar-refractivity contribution in [3.05, 3.63) is 80.5 Å². The van der Waals surface area contributed by atoms with E-state index in [0.29, 0.717) is 26.4 Å². The zero-order chi connectivity index (χ0) is 25.5. The van der Waals surface area contributed by atoms with Crippen LogP contribution in [-0.4, -0.2) is 38.4 Å². The number of aliphatic carboxylic acids is 1. The number of pyridine rings is 1. The van der Waals surface area contributed by atoms with Crippen molar-refractivity contribution in [1.82, 2.24) is 9.61 Å². The van der Waals surface area contributed by atoms with Gasteiger partial charge in [0.2, 0.25) is 5.70 Å². The molecule has 10 nitrogen and oxygen atoms in total. The number of aliphatic hydroxyl groups is 1. The molecule has 4 rings (SSSR count). The minimum atomic E-state index is -0.851. The summed E-state index contributed by atoms with van der Waals surface area (Å²) in [6.07, 6.45) is 0. The van der Waals surface area contributed by atoms with Gasteiger partial charge in [0, 0.05) is 23.4 Å². The van der Waals surface area contributed by atoms with E-state index in [9.17, 15) is 14.7 Å². The fraction of sp³-hybridized carbons (Fsp3) is 0.130. The molecule has 12 heteroatoms. The first-order valence-electron chi connectivity index (χ1n) is 10.1. The van der Waals surface area contributed by atoms with E-state index in [-0.39, 0.29) is 17.0 Å². The van der Waals surface area contributed by atoms with Crippen LogP contribution >= 0.6 is 22.9 Å². The Balaban J connectivity index is 0.000000795. The van der Waals surface area contributed by atoms with Crippen LogP contribution in [0.2, 0.25) is 5.02 Å². The smallest absolute Gasteiger partial charge is 0.362 e. The number of hydrogen-bond donors (Lipinski definition) is 2. The Morgan fingerprint density at radius 2 is 1.80 bits per heavy atom. The number of carboxylic acid groups (broad SMARTS) is 1. The summed E-state index contributed by atoms with van der Waals surface area (Å²) < 4.78 is 6.54. The Kier molecular flexibility index (Phi) is 8.29. The third kappa shape index (κ3) is 6.28. The molecule has 180 valence electrons. The molecular formula is C23H19ClN4O6S. The third-order valence-electron chi connectivity index (χ3n) is 4.24. The molecule has 0 spiro atoms. The van der Waals surface area contributed by atoms with Crippen molar-refractivity contribution in [3.63, 3.8) is 0 Å². The number of esters is 1. The maximum absolute atomic E-state index is 12.4. The fourth-order valence-electron chi connectivity index (χ4n) is 2.82. The van der Waals surface area contributed by atoms with Crippen LogP contribution in [0.15, 0.2) is 75.3 Å². The van der Waals surface area contributed by atoms with E-state index in [2.05, 4.69) is 15.3 Å². The molecule has 2 aromatic heterocycles. The van der Waals surface area contributed by atoms with Crippen molar-refractivity contribution < 1.29 is 24.5 Å². The highest BCUT2D eigenvalue weighted by atomic mass is 35.5. The molecule has 0 aliphatic carbocycles. The van der Waals surface area contributed by atoms with Crippen LogP contribution in [0, 0.1) is 0 Å². The molecule has 2 aromatic carbocycles. The van der Waals surface area contributed by atoms with Crippen molar-refractivity contribution in [2.75, 3.05) is 6.61 Å². The van der Waals surface area contributed by atoms with Gasteiger partial charge in [0.25, 0.3) is 5.97 Å². The zero-order valence-corrected chi connectivity index (χ0v) is 20.1. The predicted molar refractivity (Wildman–Crippen MR) is 132 cm³/mol. The molecule has 0 amide bonds. The Labute approximate surface area is 207 Å². The highest BCUT2D eigenvalue weighted by Crippen LogP contribution is 2.27. The number of rotatable bonds is 5. The largest absolute Gasteiger partial charge is 0.503 e. The van der Waals surface area contributed by atoms with Crippen molar-refractivity contribution in [2.45, 2.75) is 13.8 Å². The van der Waals surface area contributed by atoms with Crippen LogP contribution in [0.1, 0.15) is 18.9 Å². The monoisotopic (exact) mass is 514 g/mol. The Morgan fingerprint density at radius 3 is 2.46 bits per heavy atom. The van der Waals surface area contributed by atoms with E-state index < -0.39 is 23.4 Å². The number of fused-ring (bicyclic) bond motifs is 3. The second kappa shape index (κ2) is 11.4. The number of nitrogens with zero attached hydrogens (tertiary/aromatic N) is 4. The second-order valence-corrected chi connectivity index (χ2v) is 8.24. The summed E-state index contributed by atoms with van der Waals surface area (Å²) in [4.78, 5) is 34.3. The number of hydrogen-bond acceptors (Lipinski definition) is 9. The summed E-state index contributed by atoms with van der Waals surface area (Å²) >= 11 is 6.90. The van der Waals surface area contributed by atoms with Gasteiger partial charge in [0.15, 0.2) is 16.2 Å². The molecule has 2 N–H and O–H groups in total. The summed E-state index contributed by atoms with van der Waals surface area (Å²) in [6, 6.07) is 14.9. The van der Waals surface area contributed by atoms with Crippen molar-refractivity contribution in [1.29, 1.82) is 0 Å². The maximum Gasteiger partial charge on any atom is 0.362 e. The first-order valence-corrected chi connectivity index (χ1v) is 11.3. The number of aromatic nitrogens is 2. The summed E-state index contributed by atoms with van der Waals surface area (Å²) in [5, 5.41) is 31.6. The van der Waals surface area contributed by atoms with Gasteiger partial charge in [-0.1, -0.05) is 35.1 Å². The van der Waals surface area contributed by atoms with E-state index in [4.69, 9.17) is 26.2 Å². The average Bonchev–Trinajstić information content (AvgIpc) is 3.24. The van der Waals surface area contributed by atoms with E-state index in [1.807, 2.05) is 0 Å². The molecule has 4 aromatic rings. The number of carboxylic acids is 1. The Bertz CT molecular complexity index is 1500. The predicted octanol–water partition coefficient (Wildman–Crippen LogP) is 5.23. The molecule has 0 aliphatic rings. The van der Waals surface area contributed by atoms with E-state index in [1.54, 1.807) is 55.5 Å². The lowest BCUT2D eigenvalue weighted by molar-refractivity contribution is -0.138. The number of para-hydroxylation sites is 1. The summed E-state index contributed by atoms with van der Waals surface area (Å²) in [6.45, 7) is 2.81. The van der Waals surface area contributed by atoms with Gasteiger partial charge in [-0.05, 0) is 43.3 Å². The fourth-order valence-corrected chi connectivity index (χ4v) is 3.85. The van der Waals surface area contributed by atoms with Crippen molar-refractivity contribution in [2.24, 2.45) is 10.2 Å². The third-order valence-corrected chi connectivity index (χ3v) is 5.46. The normalized spacial score (nSPS) is 11.7. The Hall–Kier alpha value is -4.09. The van der Waals surface area contributed by atoms with Gasteiger partial charge in [-0.2, -0.15) is 10.2 Å². The number of aliphatic hydroxyl groups excluding tert-OH is 1. The van der Waals surface area contributed by atoms with Gasteiger partial charge in [-0.3, -0.25) is 9.59 Å². The lowest BCUT2D eigenvalue weighted by Gasteiger charge is -2.03. The van der Waals surface area contributed by atoms with Crippen LogP contribution in [-0.2, 0) is 14.3 Å². The van der Waals surface area contributed by atoms with E-state index in [1.165, 1.54) is 10.6 Å². The van der Waals surface area contributed by atoms with Crippen LogP contribution in [0.4, 0.5) is 5.69 Å². The Morgan fingerprint density at radius 1 is 1.14 bits per heavy atom. The van der Waals surface area contributed by atoms with Crippen molar-refractivity contribution >= 4 is 62.1 Å². The molecule has 0 atom stereocenters. The summed E-state index contributed by atoms with van der Waals surface area (Å²) in [5.74, 6) is -2.18. The number of azo groups is 1. The highest BCUT2D eigenvalue weighted by Gasteiger charge is 2.22. The molecule has 0 saturated carbocycles. The lowest BCUT2D eigenvalue weighted by atomic mass is 10.2. The van der Waals surface area contributed by atoms with Gasteiger partial charge < -0.3 is 14.9 Å². The number of carbonyl (C=O) groups excluding carboxylic acids is 1. The average molecular weight is 515 g/mol. The minimum Gasteiger partial charge on any atom is -0.503 e. The van der Waals surface area contributed by atoms with Crippen LogP contribution in [0.5, 0.6) is 0 Å². The maximum atomic E-state index is 12.4. The van der Waals surface area contributed by atoms with Crippen LogP contribution in [0.25, 0.3) is 21.5 Å². The lowest BCUT2D eigenvalue weighted by Crippen LogP contribution is -2.08. The van der Waals surface area contributed by atoms with Crippen molar-refractivity contribution in [3.8, 4) is 0 Å². The number of benzene rings is 2. The molecule has 35 heavy (non-hydrogen) atoms. The van der Waals surface area contributed by atoms with Gasteiger partial charge in [-0.25, -0.2) is 9.31 Å². The standard InChI is InChI=1S/C21H15ClN4O4S.C2H4O2/c1-2-30-21(29)18(24-23-13-9-7-12(22)8-10-13)19(28)20-25-26-15-6-4-3-5-14(15)16(27)11-17(26)31-20;1-2(3)4/h3-11,28H,2H2,1H3;1H3,(H,3,4)/b19-18-,24-23?;. The first-order chi connectivity index (χ1) is 16.7. The van der Waals surface area contributed by atoms with Gasteiger partial charge in [0.1, 0.15) is 4.83 Å². The SMILES string of the molecule is CC(=O)O.CCOC(=O)/C(N=Nc1ccc(Cl)cc1)=C(/O)c1nn2c(cc(=O)c3ccccc32)s1. The number of carbonyl (C=O) groups is 2. The molecule has 2 heterocycles. The summed E-state index contributed by atoms with van der Waals surface area (Å²) in [5.41, 5.74) is 0.450. The van der Waals surface area contributed by atoms with E-state index >= 15 is 0 Å².